The van der Waals surface area contributed by atoms with Crippen LogP contribution in [0.3, 0.4) is 0 Å². The molecule has 1 heterocycles. The number of amides is 1. The summed E-state index contributed by atoms with van der Waals surface area (Å²) in [5.41, 5.74) is 2.12. The minimum absolute atomic E-state index is 0.0289. The lowest BCUT2D eigenvalue weighted by Gasteiger charge is -2.19. The van der Waals surface area contributed by atoms with E-state index in [2.05, 4.69) is 5.43 Å². The molecule has 1 saturated heterocycles. The first-order valence-corrected chi connectivity index (χ1v) is 3.43. The lowest BCUT2D eigenvalue weighted by Crippen LogP contribution is -2.39. The zero-order chi connectivity index (χ0) is 7.40. The number of hydrogen-bond acceptors (Lipinski definition) is 3. The highest BCUT2D eigenvalue weighted by Crippen LogP contribution is 2.12. The number of hydrogen-bond donors (Lipinski definition) is 2. The van der Waals surface area contributed by atoms with Crippen LogP contribution >= 0.6 is 0 Å². The largest absolute Gasteiger partial charge is 0.381 e. The molecule has 10 heavy (non-hydrogen) atoms. The van der Waals surface area contributed by atoms with Crippen molar-refractivity contribution in [3.05, 3.63) is 0 Å². The Kier molecular flexibility index (Phi) is 2.65. The van der Waals surface area contributed by atoms with E-state index >= 15 is 0 Å². The van der Waals surface area contributed by atoms with Crippen molar-refractivity contribution in [1.29, 1.82) is 0 Å². The molecule has 4 nitrogen and oxygen atoms in total. The fourth-order valence-corrected chi connectivity index (χ4v) is 1.07. The second-order valence-corrected chi connectivity index (χ2v) is 2.42. The van der Waals surface area contributed by atoms with Crippen molar-refractivity contribution in [2.45, 2.75) is 12.8 Å². The topological polar surface area (TPSA) is 64.3 Å². The molecule has 1 rings (SSSR count). The van der Waals surface area contributed by atoms with Gasteiger partial charge in [0.2, 0.25) is 5.91 Å². The number of nitrogens with one attached hydrogen (secondary N) is 1. The molecule has 1 amide bonds. The predicted molar refractivity (Wildman–Crippen MR) is 35.9 cm³/mol. The normalized spacial score (nSPS) is 25.9. The van der Waals surface area contributed by atoms with Gasteiger partial charge in [0, 0.05) is 6.61 Å². The highest BCUT2D eigenvalue weighted by atomic mass is 16.5. The average molecular weight is 144 g/mol. The standard InChI is InChI=1S/C6H12N2O2/c7-8-6(9)5-2-1-3-10-4-5/h5H,1-4,7H2,(H,8,9)/t5-/m0/s1. The van der Waals surface area contributed by atoms with E-state index in [4.69, 9.17) is 10.6 Å². The lowest BCUT2D eigenvalue weighted by atomic mass is 10.0. The van der Waals surface area contributed by atoms with Gasteiger partial charge >= 0.3 is 0 Å². The molecule has 1 aliphatic heterocycles. The molecule has 4 heteroatoms. The molecule has 0 saturated carbocycles. The minimum Gasteiger partial charge on any atom is -0.381 e. The van der Waals surface area contributed by atoms with Crippen LogP contribution in [0.4, 0.5) is 0 Å². The van der Waals surface area contributed by atoms with E-state index in [0.717, 1.165) is 19.4 Å². The van der Waals surface area contributed by atoms with Gasteiger partial charge in [0.25, 0.3) is 0 Å². The van der Waals surface area contributed by atoms with Crippen molar-refractivity contribution in [2.75, 3.05) is 13.2 Å². The SMILES string of the molecule is NNC(=O)[C@H]1CCCOC1. The summed E-state index contributed by atoms with van der Waals surface area (Å²) >= 11 is 0. The van der Waals surface area contributed by atoms with Gasteiger partial charge in [-0.2, -0.15) is 0 Å². The van der Waals surface area contributed by atoms with Crippen LogP contribution in [0.25, 0.3) is 0 Å². The molecular weight excluding hydrogens is 132 g/mol. The third kappa shape index (κ3) is 1.68. The van der Waals surface area contributed by atoms with E-state index in [0.29, 0.717) is 6.61 Å². The second kappa shape index (κ2) is 3.53. The summed E-state index contributed by atoms with van der Waals surface area (Å²) in [6, 6.07) is 0. The van der Waals surface area contributed by atoms with Gasteiger partial charge in [-0.15, -0.1) is 0 Å². The highest BCUT2D eigenvalue weighted by Gasteiger charge is 2.20. The predicted octanol–water partition coefficient (Wildman–Crippen LogP) is -0.597. The molecule has 0 unspecified atom stereocenters. The van der Waals surface area contributed by atoms with E-state index in [1.165, 1.54) is 0 Å². The Morgan fingerprint density at radius 3 is 3.00 bits per heavy atom. The third-order valence-electron chi connectivity index (χ3n) is 1.67. The van der Waals surface area contributed by atoms with Crippen molar-refractivity contribution in [2.24, 2.45) is 11.8 Å². The fraction of sp³-hybridized carbons (Fsp3) is 0.833. The van der Waals surface area contributed by atoms with Crippen LogP contribution in [-0.4, -0.2) is 19.1 Å². The van der Waals surface area contributed by atoms with E-state index in [9.17, 15) is 4.79 Å². The van der Waals surface area contributed by atoms with E-state index in [1.807, 2.05) is 0 Å². The first-order valence-electron chi connectivity index (χ1n) is 3.43. The molecule has 0 aromatic heterocycles. The van der Waals surface area contributed by atoms with Gasteiger partial charge < -0.3 is 4.74 Å². The first-order chi connectivity index (χ1) is 4.84. The Morgan fingerprint density at radius 2 is 2.50 bits per heavy atom. The van der Waals surface area contributed by atoms with E-state index < -0.39 is 0 Å². The first kappa shape index (κ1) is 7.50. The molecule has 1 aliphatic rings. The van der Waals surface area contributed by atoms with Crippen LogP contribution in [0, 0.1) is 5.92 Å². The smallest absolute Gasteiger partial charge is 0.239 e. The van der Waals surface area contributed by atoms with Crippen molar-refractivity contribution in [3.63, 3.8) is 0 Å². The number of carbonyl (C=O) groups excluding carboxylic acids is 1. The maximum atomic E-state index is 10.9. The summed E-state index contributed by atoms with van der Waals surface area (Å²) in [5, 5.41) is 0. The van der Waals surface area contributed by atoms with Gasteiger partial charge in [-0.1, -0.05) is 0 Å². The zero-order valence-electron chi connectivity index (χ0n) is 5.80. The minimum atomic E-state index is -0.111. The number of rotatable bonds is 1. The van der Waals surface area contributed by atoms with Crippen LogP contribution in [0.1, 0.15) is 12.8 Å². The number of carbonyl (C=O) groups is 1. The fourth-order valence-electron chi connectivity index (χ4n) is 1.07. The molecule has 0 radical (unpaired) electrons. The van der Waals surface area contributed by atoms with E-state index in [-0.39, 0.29) is 11.8 Å². The van der Waals surface area contributed by atoms with Crippen LogP contribution in [-0.2, 0) is 9.53 Å². The Balaban J connectivity index is 2.31. The van der Waals surface area contributed by atoms with Gasteiger partial charge in [-0.25, -0.2) is 5.84 Å². The molecule has 0 aliphatic carbocycles. The van der Waals surface area contributed by atoms with Crippen LogP contribution < -0.4 is 11.3 Å². The summed E-state index contributed by atoms with van der Waals surface area (Å²) in [7, 11) is 0. The maximum Gasteiger partial charge on any atom is 0.239 e. The van der Waals surface area contributed by atoms with E-state index in [1.54, 1.807) is 0 Å². The lowest BCUT2D eigenvalue weighted by molar-refractivity contribution is -0.129. The Morgan fingerprint density at radius 1 is 1.70 bits per heavy atom. The number of nitrogens with two attached hydrogens (primary N) is 1. The quantitative estimate of drug-likeness (QED) is 0.293. The average Bonchev–Trinajstić information content (AvgIpc) is 2.05. The summed E-state index contributed by atoms with van der Waals surface area (Å²) in [5.74, 6) is 4.81. The molecule has 1 atom stereocenters. The Bertz CT molecular complexity index is 121. The third-order valence-corrected chi connectivity index (χ3v) is 1.67. The van der Waals surface area contributed by atoms with Crippen LogP contribution in [0.15, 0.2) is 0 Å². The van der Waals surface area contributed by atoms with Gasteiger partial charge in [-0.3, -0.25) is 10.2 Å². The molecule has 0 bridgehead atoms. The molecule has 0 spiro atoms. The Hall–Kier alpha value is -0.610. The number of ether oxygens (including phenoxy) is 1. The van der Waals surface area contributed by atoms with Crippen molar-refractivity contribution in [1.82, 2.24) is 5.43 Å². The van der Waals surface area contributed by atoms with Crippen molar-refractivity contribution < 1.29 is 9.53 Å². The molecule has 1 fully saturated rings. The van der Waals surface area contributed by atoms with Crippen LogP contribution in [0.5, 0.6) is 0 Å². The molecular formula is C6H12N2O2. The number of hydrazine groups is 1. The van der Waals surface area contributed by atoms with Crippen molar-refractivity contribution in [3.8, 4) is 0 Å². The molecule has 3 N–H and O–H groups in total. The molecule has 0 aromatic carbocycles. The van der Waals surface area contributed by atoms with Crippen LogP contribution in [0.2, 0.25) is 0 Å². The monoisotopic (exact) mass is 144 g/mol. The summed E-state index contributed by atoms with van der Waals surface area (Å²) in [6.45, 7) is 1.29. The second-order valence-electron chi connectivity index (χ2n) is 2.42. The summed E-state index contributed by atoms with van der Waals surface area (Å²) < 4.78 is 5.09. The van der Waals surface area contributed by atoms with Gasteiger partial charge in [0.05, 0.1) is 12.5 Å². The van der Waals surface area contributed by atoms with Crippen molar-refractivity contribution >= 4 is 5.91 Å². The molecule has 0 aromatic rings. The summed E-state index contributed by atoms with van der Waals surface area (Å²) in [4.78, 5) is 10.9. The maximum absolute atomic E-state index is 10.9. The highest BCUT2D eigenvalue weighted by molar-refractivity contribution is 5.78. The Labute approximate surface area is 59.7 Å². The van der Waals surface area contributed by atoms with Gasteiger partial charge in [0.15, 0.2) is 0 Å². The molecule has 58 valence electrons. The van der Waals surface area contributed by atoms with Gasteiger partial charge in [-0.05, 0) is 12.8 Å². The summed E-state index contributed by atoms with van der Waals surface area (Å²) in [6.07, 6.45) is 1.85. The zero-order valence-corrected chi connectivity index (χ0v) is 5.80. The van der Waals surface area contributed by atoms with Gasteiger partial charge in [0.1, 0.15) is 0 Å².